The second kappa shape index (κ2) is 6.33. The van der Waals surface area contributed by atoms with Crippen molar-refractivity contribution in [2.45, 2.75) is 50.1 Å². The molecule has 0 spiro atoms. The molecule has 9 heteroatoms. The fourth-order valence-corrected chi connectivity index (χ4v) is 6.04. The van der Waals surface area contributed by atoms with Crippen molar-refractivity contribution in [1.82, 2.24) is 0 Å². The van der Waals surface area contributed by atoms with E-state index in [1.54, 1.807) is 0 Å². The van der Waals surface area contributed by atoms with E-state index in [0.29, 0.717) is 12.8 Å². The normalized spacial score (nSPS) is 37.8. The molecule has 6 unspecified atom stereocenters. The lowest BCUT2D eigenvalue weighted by Crippen LogP contribution is -2.42. The molecule has 132 valence electrons. The quantitative estimate of drug-likeness (QED) is 0.498. The van der Waals surface area contributed by atoms with Crippen LogP contribution in [0.2, 0.25) is 0 Å². The molecule has 24 heavy (non-hydrogen) atoms. The van der Waals surface area contributed by atoms with Crippen LogP contribution in [-0.4, -0.2) is 44.4 Å². The topological polar surface area (TPSA) is 120 Å². The van der Waals surface area contributed by atoms with Gasteiger partial charge in [0.2, 0.25) is 0 Å². The van der Waals surface area contributed by atoms with Gasteiger partial charge in [-0.05, 0) is 12.8 Å². The SMILES string of the molecule is CCCCC(=O)OCC(=O)OC1C2CC3C1OS(=O)(=O)C3C2C#N. The lowest BCUT2D eigenvalue weighted by Gasteiger charge is -2.27. The molecular formula is C15H19NO7S. The van der Waals surface area contributed by atoms with E-state index in [0.717, 1.165) is 6.42 Å². The van der Waals surface area contributed by atoms with Crippen LogP contribution in [0.1, 0.15) is 32.6 Å². The van der Waals surface area contributed by atoms with Crippen molar-refractivity contribution in [3.8, 4) is 6.07 Å². The summed E-state index contributed by atoms with van der Waals surface area (Å²) in [6.45, 7) is 1.42. The Balaban J connectivity index is 1.60. The number of carbonyl (C=O) groups excluding carboxylic acids is 2. The van der Waals surface area contributed by atoms with E-state index >= 15 is 0 Å². The van der Waals surface area contributed by atoms with Gasteiger partial charge in [-0.25, -0.2) is 4.79 Å². The minimum atomic E-state index is -3.80. The van der Waals surface area contributed by atoms with Gasteiger partial charge in [-0.2, -0.15) is 13.7 Å². The molecule has 1 heterocycles. The average Bonchev–Trinajstić information content (AvgIpc) is 3.13. The van der Waals surface area contributed by atoms with Crippen LogP contribution in [0.3, 0.4) is 0 Å². The zero-order chi connectivity index (χ0) is 17.5. The highest BCUT2D eigenvalue weighted by Crippen LogP contribution is 2.58. The predicted octanol–water partition coefficient (Wildman–Crippen LogP) is 0.518. The van der Waals surface area contributed by atoms with Gasteiger partial charge in [-0.15, -0.1) is 0 Å². The van der Waals surface area contributed by atoms with Crippen molar-refractivity contribution >= 4 is 22.1 Å². The van der Waals surface area contributed by atoms with Gasteiger partial charge in [0.1, 0.15) is 17.5 Å². The van der Waals surface area contributed by atoms with Crippen molar-refractivity contribution in [3.63, 3.8) is 0 Å². The van der Waals surface area contributed by atoms with Crippen LogP contribution < -0.4 is 0 Å². The molecule has 3 aliphatic rings. The first kappa shape index (κ1) is 17.2. The van der Waals surface area contributed by atoms with Crippen LogP contribution in [0.15, 0.2) is 0 Å². The predicted molar refractivity (Wildman–Crippen MR) is 78.6 cm³/mol. The van der Waals surface area contributed by atoms with Crippen molar-refractivity contribution in [3.05, 3.63) is 0 Å². The van der Waals surface area contributed by atoms with Gasteiger partial charge in [0, 0.05) is 18.3 Å². The van der Waals surface area contributed by atoms with Crippen molar-refractivity contribution < 1.29 is 31.7 Å². The van der Waals surface area contributed by atoms with Crippen LogP contribution in [0.25, 0.3) is 0 Å². The molecule has 6 atom stereocenters. The summed E-state index contributed by atoms with van der Waals surface area (Å²) in [5, 5.41) is 8.45. The Morgan fingerprint density at radius 3 is 2.71 bits per heavy atom. The number of carbonyl (C=O) groups is 2. The van der Waals surface area contributed by atoms with E-state index in [2.05, 4.69) is 0 Å². The Morgan fingerprint density at radius 1 is 1.29 bits per heavy atom. The first-order chi connectivity index (χ1) is 11.4. The Morgan fingerprint density at radius 2 is 2.04 bits per heavy atom. The number of unbranched alkanes of at least 4 members (excludes halogenated alkanes) is 1. The third-order valence-electron chi connectivity index (χ3n) is 5.03. The maximum Gasteiger partial charge on any atom is 0.344 e. The number of ether oxygens (including phenoxy) is 2. The molecule has 2 bridgehead atoms. The highest BCUT2D eigenvalue weighted by molar-refractivity contribution is 7.87. The summed E-state index contributed by atoms with van der Waals surface area (Å²) in [6.07, 6.45) is 0.735. The Kier molecular flexibility index (Phi) is 4.53. The number of nitrogens with zero attached hydrogens (tertiary/aromatic N) is 1. The number of rotatable bonds is 6. The standard InChI is InChI=1S/C15H19NO7S/c1-2-3-4-11(17)21-7-12(18)22-13-8-5-9-14(13)23-24(19,20)15(9)10(8)6-16/h8-10,13-15H,2-5,7H2,1H3. The molecule has 2 aliphatic carbocycles. The Bertz CT molecular complexity index is 682. The maximum atomic E-state index is 12.0. The maximum absolute atomic E-state index is 12.0. The van der Waals surface area contributed by atoms with Crippen LogP contribution in [0.4, 0.5) is 0 Å². The molecule has 0 aromatic rings. The van der Waals surface area contributed by atoms with Gasteiger partial charge in [-0.1, -0.05) is 13.3 Å². The first-order valence-corrected chi connectivity index (χ1v) is 9.53. The number of nitriles is 1. The van der Waals surface area contributed by atoms with Gasteiger partial charge in [0.05, 0.1) is 12.0 Å². The summed E-state index contributed by atoms with van der Waals surface area (Å²) in [4.78, 5) is 23.3. The largest absolute Gasteiger partial charge is 0.457 e. The summed E-state index contributed by atoms with van der Waals surface area (Å²) < 4.78 is 39.2. The molecular weight excluding hydrogens is 338 g/mol. The van der Waals surface area contributed by atoms with Crippen molar-refractivity contribution in [2.75, 3.05) is 6.61 Å². The van der Waals surface area contributed by atoms with Gasteiger partial charge >= 0.3 is 11.9 Å². The highest BCUT2D eigenvalue weighted by atomic mass is 32.2. The minimum Gasteiger partial charge on any atom is -0.457 e. The van der Waals surface area contributed by atoms with Crippen LogP contribution in [0.5, 0.6) is 0 Å². The van der Waals surface area contributed by atoms with Gasteiger partial charge in [0.15, 0.2) is 6.61 Å². The van der Waals surface area contributed by atoms with Crippen molar-refractivity contribution in [2.24, 2.45) is 17.8 Å². The van der Waals surface area contributed by atoms with E-state index in [1.165, 1.54) is 0 Å². The Hall–Kier alpha value is -1.66. The molecule has 0 amide bonds. The minimum absolute atomic E-state index is 0.236. The summed E-state index contributed by atoms with van der Waals surface area (Å²) in [5.74, 6) is -2.62. The number of hydrogen-bond donors (Lipinski definition) is 0. The van der Waals surface area contributed by atoms with Crippen molar-refractivity contribution in [1.29, 1.82) is 5.26 Å². The van der Waals surface area contributed by atoms with Crippen LogP contribution in [0, 0.1) is 29.1 Å². The zero-order valence-corrected chi connectivity index (χ0v) is 14.0. The molecule has 0 radical (unpaired) electrons. The average molecular weight is 357 g/mol. The number of esters is 2. The van der Waals surface area contributed by atoms with E-state index < -0.39 is 52.0 Å². The van der Waals surface area contributed by atoms with Gasteiger partial charge < -0.3 is 9.47 Å². The monoisotopic (exact) mass is 357 g/mol. The molecule has 2 saturated carbocycles. The molecule has 0 aromatic heterocycles. The molecule has 0 aromatic carbocycles. The summed E-state index contributed by atoms with van der Waals surface area (Å²) >= 11 is 0. The molecule has 1 saturated heterocycles. The second-order valence-corrected chi connectivity index (χ2v) is 8.18. The molecule has 3 fully saturated rings. The van der Waals surface area contributed by atoms with Crippen LogP contribution in [-0.2, 0) is 33.4 Å². The van der Waals surface area contributed by atoms with E-state index in [-0.39, 0.29) is 18.3 Å². The molecule has 0 N–H and O–H groups in total. The summed E-state index contributed by atoms with van der Waals surface area (Å²) in [5.41, 5.74) is 0. The highest BCUT2D eigenvalue weighted by Gasteiger charge is 2.70. The molecule has 1 aliphatic heterocycles. The van der Waals surface area contributed by atoms with Gasteiger partial charge in [-0.3, -0.25) is 8.98 Å². The van der Waals surface area contributed by atoms with E-state index in [4.69, 9.17) is 13.7 Å². The second-order valence-electron chi connectivity index (χ2n) is 6.46. The number of fused-ring (bicyclic) bond motifs is 1. The zero-order valence-electron chi connectivity index (χ0n) is 13.2. The van der Waals surface area contributed by atoms with Crippen LogP contribution >= 0.6 is 0 Å². The van der Waals surface area contributed by atoms with Gasteiger partial charge in [0.25, 0.3) is 10.1 Å². The number of hydrogen-bond acceptors (Lipinski definition) is 8. The lowest BCUT2D eigenvalue weighted by atomic mass is 9.85. The molecule has 8 nitrogen and oxygen atoms in total. The molecule has 3 rings (SSSR count). The summed E-state index contributed by atoms with van der Waals surface area (Å²) in [7, 11) is -3.80. The summed E-state index contributed by atoms with van der Waals surface area (Å²) in [6, 6.07) is 2.02. The fourth-order valence-electron chi connectivity index (χ4n) is 4.03. The fraction of sp³-hybridized carbons (Fsp3) is 0.800. The van der Waals surface area contributed by atoms with E-state index in [9.17, 15) is 23.3 Å². The Labute approximate surface area is 140 Å². The first-order valence-electron chi connectivity index (χ1n) is 8.06. The third-order valence-corrected chi connectivity index (χ3v) is 6.83. The lowest BCUT2D eigenvalue weighted by molar-refractivity contribution is -0.167. The third kappa shape index (κ3) is 2.78. The van der Waals surface area contributed by atoms with E-state index in [1.807, 2.05) is 13.0 Å². The smallest absolute Gasteiger partial charge is 0.344 e.